The summed E-state index contributed by atoms with van der Waals surface area (Å²) in [5.41, 5.74) is 0.996. The minimum atomic E-state index is -3.59. The van der Waals surface area contributed by atoms with Gasteiger partial charge in [0.15, 0.2) is 35.1 Å². The van der Waals surface area contributed by atoms with E-state index in [9.17, 15) is 18.0 Å². The third-order valence-corrected chi connectivity index (χ3v) is 8.22. The number of anilines is 2. The topological polar surface area (TPSA) is 179 Å². The zero-order valence-corrected chi connectivity index (χ0v) is 23.3. The molecule has 0 aliphatic carbocycles. The lowest BCUT2D eigenvalue weighted by molar-refractivity contribution is -0.197. The third-order valence-electron chi connectivity index (χ3n) is 6.39. The molecule has 16 heteroatoms. The first-order chi connectivity index (χ1) is 18.9. The van der Waals surface area contributed by atoms with Crippen LogP contribution in [0.3, 0.4) is 0 Å². The number of nitrogens with zero attached hydrogens (tertiary/aromatic N) is 5. The van der Waals surface area contributed by atoms with Crippen molar-refractivity contribution in [3.8, 4) is 0 Å². The monoisotopic (exact) mass is 574 g/mol. The lowest BCUT2D eigenvalue weighted by atomic mass is 10.1. The first-order valence-electron chi connectivity index (χ1n) is 12.5. The summed E-state index contributed by atoms with van der Waals surface area (Å²) < 4.78 is 45.4. The number of urea groups is 1. The van der Waals surface area contributed by atoms with Crippen molar-refractivity contribution in [2.45, 2.75) is 56.0 Å². The number of likely N-dealkylation sites (N-methyl/N-ethyl adjacent to an activating group) is 1. The van der Waals surface area contributed by atoms with E-state index in [1.54, 1.807) is 18.4 Å². The highest BCUT2D eigenvalue weighted by atomic mass is 32.2. The molecule has 4 atom stereocenters. The Morgan fingerprint density at radius 3 is 2.42 bits per heavy atom. The summed E-state index contributed by atoms with van der Waals surface area (Å²) in [6, 6.07) is 5.12. The number of carbonyl (C=O) groups is 2. The zero-order chi connectivity index (χ0) is 28.8. The Labute approximate surface area is 230 Å². The van der Waals surface area contributed by atoms with E-state index in [1.807, 2.05) is 6.92 Å². The molecule has 5 rings (SSSR count). The fourth-order valence-electron chi connectivity index (χ4n) is 4.61. The van der Waals surface area contributed by atoms with Crippen LogP contribution in [0.25, 0.3) is 11.2 Å². The number of nitrogens with one attached hydrogen (secondary N) is 3. The second kappa shape index (κ2) is 10.4. The number of carbonyl (C=O) groups excluding carboxylic acids is 2. The predicted molar refractivity (Wildman–Crippen MR) is 142 cm³/mol. The molecule has 3 aromatic rings. The molecule has 0 radical (unpaired) electrons. The second-order valence-electron chi connectivity index (χ2n) is 9.84. The highest BCUT2D eigenvalue weighted by Crippen LogP contribution is 2.44. The molecule has 214 valence electrons. The van der Waals surface area contributed by atoms with E-state index in [0.717, 1.165) is 4.31 Å². The molecule has 0 unspecified atom stereocenters. The molecule has 3 N–H and O–H groups in total. The molecular weight excluding hydrogens is 544 g/mol. The van der Waals surface area contributed by atoms with Crippen molar-refractivity contribution < 1.29 is 32.2 Å². The van der Waals surface area contributed by atoms with Gasteiger partial charge in [0, 0.05) is 26.3 Å². The van der Waals surface area contributed by atoms with Gasteiger partial charge in [-0.25, -0.2) is 32.5 Å². The number of fused-ring (bicyclic) bond motifs is 2. The van der Waals surface area contributed by atoms with Crippen LogP contribution in [0.15, 0.2) is 41.8 Å². The fraction of sp³-hybridized carbons (Fsp3) is 0.458. The summed E-state index contributed by atoms with van der Waals surface area (Å²) >= 11 is 0. The minimum Gasteiger partial charge on any atom is -0.354 e. The molecule has 3 amide bonds. The molecule has 40 heavy (non-hydrogen) atoms. The quantitative estimate of drug-likeness (QED) is 0.372. The molecule has 0 saturated carbocycles. The number of amides is 3. The standard InChI is InChI=1S/C24H30N8O7S/c1-6-25-21(33)17-16-18(39-24(2,3)38-16)22(37-17)32-12-28-15-19(26-11-27-20(15)32)30-23(34)29-13-7-9-14(10-8-13)40(35,36)31(4)5/h7-12,16-18,22H,6H2,1-5H3,(H,25,33)(H2,26,27,29,30,34)/t16-,17+,18-,22-/m1/s1. The van der Waals surface area contributed by atoms with Crippen molar-refractivity contribution in [1.82, 2.24) is 29.1 Å². The zero-order valence-electron chi connectivity index (χ0n) is 22.5. The third kappa shape index (κ3) is 5.11. The second-order valence-corrected chi connectivity index (χ2v) is 12.0. The molecule has 0 spiro atoms. The first kappa shape index (κ1) is 27.9. The largest absolute Gasteiger partial charge is 0.354 e. The number of sulfonamides is 1. The maximum atomic E-state index is 12.7. The Hall–Kier alpha value is -3.70. The maximum absolute atomic E-state index is 12.7. The van der Waals surface area contributed by atoms with Crippen molar-refractivity contribution in [2.24, 2.45) is 0 Å². The Morgan fingerprint density at radius 2 is 1.75 bits per heavy atom. The summed E-state index contributed by atoms with van der Waals surface area (Å²) in [4.78, 5) is 38.4. The van der Waals surface area contributed by atoms with Gasteiger partial charge in [0.25, 0.3) is 5.91 Å². The summed E-state index contributed by atoms with van der Waals surface area (Å²) in [6.45, 7) is 5.78. The highest BCUT2D eigenvalue weighted by Gasteiger charge is 2.58. The number of ether oxygens (including phenoxy) is 3. The Bertz CT molecular complexity index is 1540. The average molecular weight is 575 g/mol. The van der Waals surface area contributed by atoms with E-state index in [0.29, 0.717) is 17.9 Å². The fourth-order valence-corrected chi connectivity index (χ4v) is 5.51. The lowest BCUT2D eigenvalue weighted by Crippen LogP contribution is -2.42. The molecule has 0 bridgehead atoms. The van der Waals surface area contributed by atoms with Crippen LogP contribution in [0, 0.1) is 0 Å². The van der Waals surface area contributed by atoms with E-state index in [1.165, 1.54) is 51.0 Å². The predicted octanol–water partition coefficient (Wildman–Crippen LogP) is 1.27. The van der Waals surface area contributed by atoms with Crippen molar-refractivity contribution in [3.63, 3.8) is 0 Å². The molecule has 15 nitrogen and oxygen atoms in total. The van der Waals surface area contributed by atoms with Gasteiger partial charge in [-0.15, -0.1) is 0 Å². The van der Waals surface area contributed by atoms with Crippen LogP contribution in [0.2, 0.25) is 0 Å². The highest BCUT2D eigenvalue weighted by molar-refractivity contribution is 7.89. The van der Waals surface area contributed by atoms with Crippen molar-refractivity contribution in [2.75, 3.05) is 31.3 Å². The van der Waals surface area contributed by atoms with Crippen molar-refractivity contribution in [1.29, 1.82) is 0 Å². The van der Waals surface area contributed by atoms with Crippen LogP contribution in [0.1, 0.15) is 27.0 Å². The van der Waals surface area contributed by atoms with E-state index < -0.39 is 46.4 Å². The van der Waals surface area contributed by atoms with Crippen LogP contribution < -0.4 is 16.0 Å². The van der Waals surface area contributed by atoms with Crippen LogP contribution in [-0.2, 0) is 29.0 Å². The van der Waals surface area contributed by atoms with E-state index in [2.05, 4.69) is 30.9 Å². The maximum Gasteiger partial charge on any atom is 0.324 e. The lowest BCUT2D eigenvalue weighted by Gasteiger charge is -2.24. The van der Waals surface area contributed by atoms with Gasteiger partial charge in [0.2, 0.25) is 10.0 Å². The van der Waals surface area contributed by atoms with Gasteiger partial charge < -0.3 is 24.8 Å². The minimum absolute atomic E-state index is 0.0947. The number of aromatic nitrogens is 4. The van der Waals surface area contributed by atoms with Crippen molar-refractivity contribution in [3.05, 3.63) is 36.9 Å². The molecule has 2 aliphatic heterocycles. The van der Waals surface area contributed by atoms with Crippen molar-refractivity contribution >= 4 is 44.6 Å². The van der Waals surface area contributed by atoms with Crippen LogP contribution >= 0.6 is 0 Å². The summed E-state index contributed by atoms with van der Waals surface area (Å²) in [7, 11) is -0.720. The Balaban J connectivity index is 1.35. The molecular formula is C24H30N8O7S. The first-order valence-corrected chi connectivity index (χ1v) is 13.9. The van der Waals surface area contributed by atoms with Gasteiger partial charge in [0.1, 0.15) is 18.5 Å². The summed E-state index contributed by atoms with van der Waals surface area (Å²) in [5, 5.41) is 8.03. The normalized spacial score (nSPS) is 23.8. The van der Waals surface area contributed by atoms with Gasteiger partial charge in [-0.3, -0.25) is 14.7 Å². The molecule has 2 aromatic heterocycles. The van der Waals surface area contributed by atoms with Gasteiger partial charge in [-0.2, -0.15) is 0 Å². The van der Waals surface area contributed by atoms with E-state index >= 15 is 0 Å². The van der Waals surface area contributed by atoms with Gasteiger partial charge in [0.05, 0.1) is 11.2 Å². The summed E-state index contributed by atoms with van der Waals surface area (Å²) in [6.07, 6.45) is -0.206. The van der Waals surface area contributed by atoms with Crippen LogP contribution in [0.4, 0.5) is 16.3 Å². The number of imidazole rings is 1. The van der Waals surface area contributed by atoms with Crippen LogP contribution in [0.5, 0.6) is 0 Å². The molecule has 1 aromatic carbocycles. The smallest absolute Gasteiger partial charge is 0.324 e. The van der Waals surface area contributed by atoms with E-state index in [-0.39, 0.29) is 22.1 Å². The van der Waals surface area contributed by atoms with Crippen LogP contribution in [-0.4, -0.2) is 88.9 Å². The van der Waals surface area contributed by atoms with E-state index in [4.69, 9.17) is 14.2 Å². The number of hydrogen-bond acceptors (Lipinski definition) is 10. The molecule has 4 heterocycles. The SMILES string of the molecule is CCNC(=O)[C@H]1O[C@@H](n2cnc3c(NC(=O)Nc4ccc(S(=O)(=O)N(C)C)cc4)ncnc32)[C@@H]2OC(C)(C)O[C@@H]21. The summed E-state index contributed by atoms with van der Waals surface area (Å²) in [5.74, 6) is -1.11. The van der Waals surface area contributed by atoms with Gasteiger partial charge in [-0.05, 0) is 45.0 Å². The average Bonchev–Trinajstić information content (AvgIpc) is 3.55. The molecule has 2 fully saturated rings. The number of rotatable bonds is 7. The Kier molecular flexibility index (Phi) is 7.22. The molecule has 2 saturated heterocycles. The number of benzene rings is 1. The molecule has 2 aliphatic rings. The van der Waals surface area contributed by atoms with Gasteiger partial charge >= 0.3 is 6.03 Å². The van der Waals surface area contributed by atoms with Gasteiger partial charge in [-0.1, -0.05) is 0 Å². The number of hydrogen-bond donors (Lipinski definition) is 3. The Morgan fingerprint density at radius 1 is 1.05 bits per heavy atom.